The normalized spacial score (nSPS) is 12.2. The minimum atomic E-state index is -1.02. The van der Waals surface area contributed by atoms with Gasteiger partial charge in [0, 0.05) is 12.8 Å². The lowest BCUT2D eigenvalue weighted by atomic mass is 10.0. The Labute approximate surface area is 284 Å². The first-order chi connectivity index (χ1) is 22.5. The first kappa shape index (κ1) is 43.9. The molecule has 0 saturated carbocycles. The molecule has 268 valence electrons. The molecule has 0 aromatic rings. The summed E-state index contributed by atoms with van der Waals surface area (Å²) in [5.74, 6) is -1.28. The van der Waals surface area contributed by atoms with Crippen molar-refractivity contribution < 1.29 is 24.2 Å². The molecular weight excluding hydrogens is 574 g/mol. The van der Waals surface area contributed by atoms with Crippen molar-refractivity contribution in [2.24, 2.45) is 0 Å². The number of hydrogen-bond donors (Lipinski definition) is 2. The van der Waals surface area contributed by atoms with E-state index in [4.69, 9.17) is 9.84 Å². The SMILES string of the molecule is CCCCCC/C=C\C/C=C\C(CCCCCCCCC(=O)NCC(=O)O)OC(=O)CCCCCCCCCCCCCCCC. The molecule has 0 aliphatic heterocycles. The molecule has 6 nitrogen and oxygen atoms in total. The highest BCUT2D eigenvalue weighted by molar-refractivity contribution is 5.80. The maximum absolute atomic E-state index is 12.6. The van der Waals surface area contributed by atoms with Gasteiger partial charge in [0.05, 0.1) is 0 Å². The highest BCUT2D eigenvalue weighted by atomic mass is 16.5. The van der Waals surface area contributed by atoms with Crippen LogP contribution >= 0.6 is 0 Å². The number of esters is 1. The average Bonchev–Trinajstić information content (AvgIpc) is 3.04. The Balaban J connectivity index is 4.18. The standard InChI is InChI=1S/C40H73NO5/c1-3-5-7-9-11-13-14-15-16-17-19-21-27-31-35-40(45)46-37(32-28-24-20-18-12-10-8-6-4-2)33-29-25-22-23-26-30-34-38(42)41-36-39(43)44/h18,20,28,32,37H,3-17,19,21-27,29-31,33-36H2,1-2H3,(H,41,42)(H,43,44)/b20-18-,32-28-. The average molecular weight is 648 g/mol. The molecule has 0 aromatic carbocycles. The molecule has 0 aliphatic carbocycles. The predicted octanol–water partition coefficient (Wildman–Crippen LogP) is 11.6. The zero-order valence-electron chi connectivity index (χ0n) is 30.2. The molecule has 1 atom stereocenters. The highest BCUT2D eigenvalue weighted by Crippen LogP contribution is 2.16. The van der Waals surface area contributed by atoms with Crippen LogP contribution in [0.1, 0.15) is 200 Å². The molecule has 0 aliphatic rings. The van der Waals surface area contributed by atoms with E-state index < -0.39 is 5.97 Å². The van der Waals surface area contributed by atoms with Crippen molar-refractivity contribution in [3.05, 3.63) is 24.3 Å². The second kappa shape index (κ2) is 35.7. The number of allylic oxidation sites excluding steroid dienone is 3. The van der Waals surface area contributed by atoms with Gasteiger partial charge in [0.25, 0.3) is 0 Å². The highest BCUT2D eigenvalue weighted by Gasteiger charge is 2.11. The number of carbonyl (C=O) groups excluding carboxylic acids is 2. The second-order valence-electron chi connectivity index (χ2n) is 13.2. The summed E-state index contributed by atoms with van der Waals surface area (Å²) in [6.07, 6.45) is 41.7. The quantitative estimate of drug-likeness (QED) is 0.0405. The van der Waals surface area contributed by atoms with Crippen LogP contribution in [0.2, 0.25) is 0 Å². The molecule has 0 fully saturated rings. The summed E-state index contributed by atoms with van der Waals surface area (Å²) in [7, 11) is 0. The van der Waals surface area contributed by atoms with E-state index in [1.54, 1.807) is 0 Å². The van der Waals surface area contributed by atoms with Crippen LogP contribution in [0.4, 0.5) is 0 Å². The second-order valence-corrected chi connectivity index (χ2v) is 13.2. The van der Waals surface area contributed by atoms with Crippen LogP contribution in [0.5, 0.6) is 0 Å². The number of rotatable bonds is 35. The molecule has 0 rings (SSSR count). The summed E-state index contributed by atoms with van der Waals surface area (Å²) in [5, 5.41) is 11.0. The number of hydrogen-bond acceptors (Lipinski definition) is 4. The fourth-order valence-electron chi connectivity index (χ4n) is 5.70. The molecule has 2 N–H and O–H groups in total. The maximum atomic E-state index is 12.6. The third-order valence-corrected chi connectivity index (χ3v) is 8.61. The molecule has 0 saturated heterocycles. The minimum Gasteiger partial charge on any atom is -0.480 e. The molecule has 46 heavy (non-hydrogen) atoms. The maximum Gasteiger partial charge on any atom is 0.322 e. The number of unbranched alkanes of at least 4 members (excludes halogenated alkanes) is 22. The van der Waals surface area contributed by atoms with Gasteiger partial charge >= 0.3 is 11.9 Å². The van der Waals surface area contributed by atoms with Crippen LogP contribution in [0.15, 0.2) is 24.3 Å². The Morgan fingerprint density at radius 1 is 0.587 bits per heavy atom. The lowest BCUT2D eigenvalue weighted by Gasteiger charge is -2.14. The zero-order valence-corrected chi connectivity index (χ0v) is 30.2. The summed E-state index contributed by atoms with van der Waals surface area (Å²) >= 11 is 0. The molecule has 1 amide bonds. The van der Waals surface area contributed by atoms with E-state index in [1.807, 2.05) is 0 Å². The molecule has 6 heteroatoms. The van der Waals surface area contributed by atoms with E-state index in [2.05, 4.69) is 43.5 Å². The van der Waals surface area contributed by atoms with E-state index >= 15 is 0 Å². The van der Waals surface area contributed by atoms with E-state index in [1.165, 1.54) is 103 Å². The predicted molar refractivity (Wildman–Crippen MR) is 194 cm³/mol. The fraction of sp³-hybridized carbons (Fsp3) is 0.825. The van der Waals surface area contributed by atoms with Gasteiger partial charge in [-0.05, 0) is 51.0 Å². The Bertz CT molecular complexity index is 763. The minimum absolute atomic E-state index is 0.0683. The van der Waals surface area contributed by atoms with E-state index in [-0.39, 0.29) is 24.5 Å². The molecule has 0 aromatic heterocycles. The third-order valence-electron chi connectivity index (χ3n) is 8.61. The largest absolute Gasteiger partial charge is 0.480 e. The summed E-state index contributed by atoms with van der Waals surface area (Å²) in [5.41, 5.74) is 0. The lowest BCUT2D eigenvalue weighted by Crippen LogP contribution is -2.28. The number of ether oxygens (including phenoxy) is 1. The molecular formula is C40H73NO5. The van der Waals surface area contributed by atoms with Crippen molar-refractivity contribution in [3.8, 4) is 0 Å². The van der Waals surface area contributed by atoms with Crippen molar-refractivity contribution in [2.45, 2.75) is 206 Å². The first-order valence-electron chi connectivity index (χ1n) is 19.5. The number of carboxylic acid groups (broad SMARTS) is 1. The van der Waals surface area contributed by atoms with Crippen molar-refractivity contribution in [1.82, 2.24) is 5.32 Å². The van der Waals surface area contributed by atoms with Crippen LogP contribution in [0.25, 0.3) is 0 Å². The Hall–Kier alpha value is -2.11. The Kier molecular flexibility index (Phi) is 34.1. The first-order valence-corrected chi connectivity index (χ1v) is 19.5. The summed E-state index contributed by atoms with van der Waals surface area (Å²) in [6, 6.07) is 0. The van der Waals surface area contributed by atoms with Crippen LogP contribution in [-0.2, 0) is 19.1 Å². The molecule has 0 radical (unpaired) electrons. The summed E-state index contributed by atoms with van der Waals surface area (Å²) in [6.45, 7) is 4.20. The Morgan fingerprint density at radius 3 is 1.61 bits per heavy atom. The molecule has 0 bridgehead atoms. The molecule has 0 spiro atoms. The van der Waals surface area contributed by atoms with Crippen LogP contribution in [0, 0.1) is 0 Å². The van der Waals surface area contributed by atoms with E-state index in [0.29, 0.717) is 12.8 Å². The number of amides is 1. The Morgan fingerprint density at radius 2 is 1.07 bits per heavy atom. The molecule has 1 unspecified atom stereocenters. The van der Waals surface area contributed by atoms with E-state index in [9.17, 15) is 14.4 Å². The van der Waals surface area contributed by atoms with Crippen molar-refractivity contribution in [3.63, 3.8) is 0 Å². The van der Waals surface area contributed by atoms with Gasteiger partial charge in [0.15, 0.2) is 0 Å². The van der Waals surface area contributed by atoms with Crippen LogP contribution in [-0.4, -0.2) is 35.6 Å². The lowest BCUT2D eigenvalue weighted by molar-refractivity contribution is -0.147. The fourth-order valence-corrected chi connectivity index (χ4v) is 5.70. The number of carbonyl (C=O) groups is 3. The van der Waals surface area contributed by atoms with Gasteiger partial charge in [-0.2, -0.15) is 0 Å². The van der Waals surface area contributed by atoms with Crippen molar-refractivity contribution in [1.29, 1.82) is 0 Å². The topological polar surface area (TPSA) is 92.7 Å². The number of aliphatic carboxylic acids is 1. The van der Waals surface area contributed by atoms with Gasteiger partial charge in [0.1, 0.15) is 12.6 Å². The third kappa shape index (κ3) is 34.8. The summed E-state index contributed by atoms with van der Waals surface area (Å²) in [4.78, 5) is 34.8. The van der Waals surface area contributed by atoms with Gasteiger partial charge in [-0.25, -0.2) is 0 Å². The number of nitrogens with one attached hydrogen (secondary N) is 1. The zero-order chi connectivity index (χ0) is 33.8. The summed E-state index contributed by atoms with van der Waals surface area (Å²) < 4.78 is 5.91. The monoisotopic (exact) mass is 648 g/mol. The van der Waals surface area contributed by atoms with Gasteiger partial charge < -0.3 is 15.2 Å². The van der Waals surface area contributed by atoms with Crippen LogP contribution in [0.3, 0.4) is 0 Å². The van der Waals surface area contributed by atoms with Gasteiger partial charge in [-0.3, -0.25) is 14.4 Å². The smallest absolute Gasteiger partial charge is 0.322 e. The van der Waals surface area contributed by atoms with Gasteiger partial charge in [-0.1, -0.05) is 160 Å². The van der Waals surface area contributed by atoms with E-state index in [0.717, 1.165) is 70.6 Å². The van der Waals surface area contributed by atoms with Crippen molar-refractivity contribution in [2.75, 3.05) is 6.54 Å². The van der Waals surface area contributed by atoms with Gasteiger partial charge in [0.2, 0.25) is 5.91 Å². The van der Waals surface area contributed by atoms with Crippen molar-refractivity contribution >= 4 is 17.8 Å². The van der Waals surface area contributed by atoms with Crippen LogP contribution < -0.4 is 5.32 Å². The number of carboxylic acids is 1. The van der Waals surface area contributed by atoms with Gasteiger partial charge in [-0.15, -0.1) is 0 Å². The molecule has 0 heterocycles.